The van der Waals surface area contributed by atoms with Gasteiger partial charge in [-0.1, -0.05) is 60.7 Å². The van der Waals surface area contributed by atoms with Crippen molar-refractivity contribution >= 4 is 37.1 Å². The van der Waals surface area contributed by atoms with E-state index >= 15 is 0 Å². The summed E-state index contributed by atoms with van der Waals surface area (Å²) in [6.45, 7) is 0. The van der Waals surface area contributed by atoms with Crippen LogP contribution in [0.2, 0.25) is 0 Å². The van der Waals surface area contributed by atoms with Gasteiger partial charge in [0.05, 0.1) is 0 Å². The molecular weight excluding hydrogens is 362 g/mol. The van der Waals surface area contributed by atoms with Crippen LogP contribution < -0.4 is 5.30 Å². The van der Waals surface area contributed by atoms with Crippen molar-refractivity contribution in [1.82, 2.24) is 0 Å². The molecule has 0 aromatic heterocycles. The number of benzene rings is 2. The first kappa shape index (κ1) is 13.1. The average Bonchev–Trinajstić information content (AvgIpc) is 2.93. The van der Waals surface area contributed by atoms with Gasteiger partial charge in [-0.15, -0.1) is 9.24 Å². The van der Waals surface area contributed by atoms with E-state index < -0.39 is 0 Å². The molecule has 0 radical (unpaired) electrons. The Morgan fingerprint density at radius 3 is 2.37 bits per heavy atom. The van der Waals surface area contributed by atoms with Crippen molar-refractivity contribution in [3.05, 3.63) is 75.9 Å². The lowest BCUT2D eigenvalue weighted by Gasteiger charge is -2.17. The van der Waals surface area contributed by atoms with Gasteiger partial charge in [0.2, 0.25) is 0 Å². The van der Waals surface area contributed by atoms with E-state index in [1.54, 1.807) is 0 Å². The van der Waals surface area contributed by atoms with Crippen LogP contribution in [0.15, 0.2) is 66.8 Å². The van der Waals surface area contributed by atoms with Gasteiger partial charge in [0.15, 0.2) is 0 Å². The van der Waals surface area contributed by atoms with Crippen molar-refractivity contribution in [3.63, 3.8) is 0 Å². The third-order valence-corrected chi connectivity index (χ3v) is 4.80. The molecule has 0 nitrogen and oxygen atoms in total. The summed E-state index contributed by atoms with van der Waals surface area (Å²) in [5.74, 6) is 0.395. The van der Waals surface area contributed by atoms with Crippen LogP contribution >= 0.6 is 31.8 Å². The first-order valence-corrected chi connectivity index (χ1v) is 7.91. The van der Waals surface area contributed by atoms with Crippen molar-refractivity contribution in [2.45, 2.75) is 5.92 Å². The van der Waals surface area contributed by atoms with E-state index in [2.05, 4.69) is 98.6 Å². The highest BCUT2D eigenvalue weighted by Gasteiger charge is 2.16. The van der Waals surface area contributed by atoms with Crippen LogP contribution in [0.4, 0.5) is 0 Å². The topological polar surface area (TPSA) is 0 Å². The van der Waals surface area contributed by atoms with Crippen LogP contribution in [0.5, 0.6) is 0 Å². The van der Waals surface area contributed by atoms with Crippen molar-refractivity contribution < 1.29 is 0 Å². The van der Waals surface area contributed by atoms with Crippen LogP contribution in [0.1, 0.15) is 11.5 Å². The van der Waals surface area contributed by atoms with Gasteiger partial charge in [0.1, 0.15) is 0 Å². The fraction of sp³-hybridized carbons (Fsp3) is 0.0588. The molecule has 1 unspecified atom stereocenters. The van der Waals surface area contributed by atoms with Gasteiger partial charge in [0.25, 0.3) is 0 Å². The van der Waals surface area contributed by atoms with E-state index in [-0.39, 0.29) is 0 Å². The molecule has 2 aromatic carbocycles. The summed E-state index contributed by atoms with van der Waals surface area (Å²) in [5.41, 5.74) is 4.04. The lowest BCUT2D eigenvalue weighted by Crippen LogP contribution is -2.05. The number of rotatable bonds is 2. The lowest BCUT2D eigenvalue weighted by atomic mass is 9.91. The molecule has 2 aromatic rings. The minimum atomic E-state index is 0.395. The van der Waals surface area contributed by atoms with Gasteiger partial charge >= 0.3 is 0 Å². The van der Waals surface area contributed by atoms with Gasteiger partial charge < -0.3 is 0 Å². The second kappa shape index (κ2) is 5.60. The van der Waals surface area contributed by atoms with E-state index in [1.165, 1.54) is 25.6 Å². The fourth-order valence-electron chi connectivity index (χ4n) is 2.48. The first-order chi connectivity index (χ1) is 9.27. The minimum absolute atomic E-state index is 0.395. The van der Waals surface area contributed by atoms with Crippen LogP contribution in [0, 0.1) is 3.57 Å². The number of hydrogen-bond donors (Lipinski definition) is 0. The number of allylic oxidation sites excluding steroid dienone is 4. The van der Waals surface area contributed by atoms with Crippen molar-refractivity contribution in [2.75, 3.05) is 0 Å². The molecule has 0 heterocycles. The van der Waals surface area contributed by atoms with Crippen molar-refractivity contribution in [3.8, 4) is 11.1 Å². The Morgan fingerprint density at radius 2 is 1.63 bits per heavy atom. The second-order valence-electron chi connectivity index (χ2n) is 4.59. The lowest BCUT2D eigenvalue weighted by molar-refractivity contribution is 1.11. The molecule has 1 atom stereocenters. The third-order valence-electron chi connectivity index (χ3n) is 3.38. The van der Waals surface area contributed by atoms with Crippen LogP contribution in [-0.2, 0) is 0 Å². The molecule has 0 saturated heterocycles. The zero-order valence-electron chi connectivity index (χ0n) is 10.4. The molecule has 0 saturated carbocycles. The molecule has 94 valence electrons. The number of hydrogen-bond acceptors (Lipinski definition) is 0. The van der Waals surface area contributed by atoms with E-state index in [1.807, 2.05) is 0 Å². The largest absolute Gasteiger partial charge is 0.105 e. The summed E-state index contributed by atoms with van der Waals surface area (Å²) in [4.78, 5) is 0. The second-order valence-corrected chi connectivity index (χ2v) is 6.37. The molecule has 0 spiro atoms. The average molecular weight is 376 g/mol. The summed E-state index contributed by atoms with van der Waals surface area (Å²) in [5, 5.41) is 1.26. The minimum Gasteiger partial charge on any atom is -0.105 e. The standard InChI is InChI=1S/C17H14IP/c18-15-10-4-3-8-14(15)17-13(9-5-11-16(17)19)12-6-1-2-7-12/h1-12H,19H2. The Labute approximate surface area is 130 Å². The normalized spacial score (nSPS) is 14.2. The molecule has 19 heavy (non-hydrogen) atoms. The predicted molar refractivity (Wildman–Crippen MR) is 95.0 cm³/mol. The van der Waals surface area contributed by atoms with Crippen molar-refractivity contribution in [1.29, 1.82) is 0 Å². The van der Waals surface area contributed by atoms with E-state index in [0.717, 1.165) is 0 Å². The fourth-order valence-corrected chi connectivity index (χ4v) is 3.57. The molecule has 1 aliphatic rings. The van der Waals surface area contributed by atoms with Crippen molar-refractivity contribution in [2.24, 2.45) is 0 Å². The summed E-state index contributed by atoms with van der Waals surface area (Å²) >= 11 is 2.42. The maximum Gasteiger partial charge on any atom is 0.0211 e. The SMILES string of the molecule is Pc1cccc(C2C=CC=C2)c1-c1ccccc1I. The smallest absolute Gasteiger partial charge is 0.0211 e. The third kappa shape index (κ3) is 2.54. The molecule has 2 heteroatoms. The molecule has 3 rings (SSSR count). The van der Waals surface area contributed by atoms with E-state index in [4.69, 9.17) is 0 Å². The zero-order chi connectivity index (χ0) is 13.2. The van der Waals surface area contributed by atoms with Gasteiger partial charge in [-0.3, -0.25) is 0 Å². The Bertz CT molecular complexity index is 659. The first-order valence-electron chi connectivity index (χ1n) is 6.25. The Kier molecular flexibility index (Phi) is 3.86. The maximum atomic E-state index is 2.87. The molecule has 0 bridgehead atoms. The summed E-state index contributed by atoms with van der Waals surface area (Å²) in [6, 6.07) is 15.1. The highest BCUT2D eigenvalue weighted by molar-refractivity contribution is 14.1. The highest BCUT2D eigenvalue weighted by atomic mass is 127. The van der Waals surface area contributed by atoms with Crippen LogP contribution in [-0.4, -0.2) is 0 Å². The molecular formula is C17H14IP. The summed E-state index contributed by atoms with van der Waals surface area (Å²) < 4.78 is 1.29. The molecule has 0 aliphatic heterocycles. The van der Waals surface area contributed by atoms with Gasteiger partial charge in [-0.05, 0) is 50.7 Å². The Morgan fingerprint density at radius 1 is 0.895 bits per heavy atom. The quantitative estimate of drug-likeness (QED) is 0.528. The summed E-state index contributed by atoms with van der Waals surface area (Å²) in [6.07, 6.45) is 8.75. The van der Waals surface area contributed by atoms with Gasteiger partial charge in [-0.25, -0.2) is 0 Å². The Hall–Kier alpha value is -0.920. The maximum absolute atomic E-state index is 2.87. The zero-order valence-corrected chi connectivity index (χ0v) is 13.7. The van der Waals surface area contributed by atoms with Crippen LogP contribution in [0.3, 0.4) is 0 Å². The predicted octanol–water partition coefficient (Wildman–Crippen LogP) is 4.67. The van der Waals surface area contributed by atoms with E-state index in [9.17, 15) is 0 Å². The molecule has 0 amide bonds. The number of halogens is 1. The molecule has 1 aliphatic carbocycles. The van der Waals surface area contributed by atoms with Gasteiger partial charge in [0, 0.05) is 9.49 Å². The summed E-state index contributed by atoms with van der Waals surface area (Å²) in [7, 11) is 2.87. The van der Waals surface area contributed by atoms with Gasteiger partial charge in [-0.2, -0.15) is 0 Å². The highest BCUT2D eigenvalue weighted by Crippen LogP contribution is 2.34. The molecule has 0 N–H and O–H groups in total. The van der Waals surface area contributed by atoms with E-state index in [0.29, 0.717) is 5.92 Å². The van der Waals surface area contributed by atoms with Crippen LogP contribution in [0.25, 0.3) is 11.1 Å². The Balaban J connectivity index is 2.23. The monoisotopic (exact) mass is 376 g/mol. The molecule has 0 fully saturated rings.